The molecular formula is C22H24N2O3. The lowest BCUT2D eigenvalue weighted by atomic mass is 10.1. The minimum Gasteiger partial charge on any atom is -0.490 e. The highest BCUT2D eigenvalue weighted by Gasteiger charge is 2.18. The molecule has 3 rings (SSSR count). The standard InChI is InChI=1S/C22H24N2O3/c1-2-26-21-14-17(15-23)9-10-20(21)27-16-18-7-6-8-19(13-18)22(25)24-11-4-3-5-12-24/h6-10,13-14H,2-5,11-12,16H2,1H3. The van der Waals surface area contributed by atoms with Crippen LogP contribution in [0.1, 0.15) is 47.7 Å². The van der Waals surface area contributed by atoms with Gasteiger partial charge >= 0.3 is 0 Å². The number of ether oxygens (including phenoxy) is 2. The Morgan fingerprint density at radius 1 is 1.07 bits per heavy atom. The van der Waals surface area contributed by atoms with Crippen molar-refractivity contribution in [1.29, 1.82) is 5.26 Å². The molecule has 0 aliphatic carbocycles. The van der Waals surface area contributed by atoms with Gasteiger partial charge < -0.3 is 14.4 Å². The molecule has 0 atom stereocenters. The Bertz CT molecular complexity index is 836. The van der Waals surface area contributed by atoms with Crippen LogP contribution in [0.3, 0.4) is 0 Å². The molecule has 1 amide bonds. The molecule has 0 N–H and O–H groups in total. The lowest BCUT2D eigenvalue weighted by Crippen LogP contribution is -2.35. The average molecular weight is 364 g/mol. The van der Waals surface area contributed by atoms with Gasteiger partial charge in [0, 0.05) is 24.7 Å². The van der Waals surface area contributed by atoms with Gasteiger partial charge in [0.25, 0.3) is 5.91 Å². The summed E-state index contributed by atoms with van der Waals surface area (Å²) >= 11 is 0. The average Bonchev–Trinajstić information content (AvgIpc) is 2.73. The second-order valence-corrected chi connectivity index (χ2v) is 6.55. The molecule has 0 aromatic heterocycles. The van der Waals surface area contributed by atoms with Crippen LogP contribution in [0.5, 0.6) is 11.5 Å². The Morgan fingerprint density at radius 3 is 2.63 bits per heavy atom. The van der Waals surface area contributed by atoms with E-state index in [2.05, 4.69) is 6.07 Å². The molecular weight excluding hydrogens is 340 g/mol. The van der Waals surface area contributed by atoms with Crippen LogP contribution in [0.25, 0.3) is 0 Å². The minimum absolute atomic E-state index is 0.0879. The molecule has 1 heterocycles. The van der Waals surface area contributed by atoms with Gasteiger partial charge in [-0.3, -0.25) is 4.79 Å². The Labute approximate surface area is 160 Å². The number of hydrogen-bond donors (Lipinski definition) is 0. The number of carbonyl (C=O) groups is 1. The first-order valence-corrected chi connectivity index (χ1v) is 9.39. The predicted octanol–water partition coefficient (Wildman–Crippen LogP) is 4.16. The summed E-state index contributed by atoms with van der Waals surface area (Å²) in [5.41, 5.74) is 2.15. The maximum absolute atomic E-state index is 12.7. The van der Waals surface area contributed by atoms with E-state index < -0.39 is 0 Å². The second-order valence-electron chi connectivity index (χ2n) is 6.55. The van der Waals surface area contributed by atoms with Gasteiger partial charge in [0.15, 0.2) is 11.5 Å². The van der Waals surface area contributed by atoms with Crippen LogP contribution in [-0.2, 0) is 6.61 Å². The molecule has 0 unspecified atom stereocenters. The van der Waals surface area contributed by atoms with Crippen LogP contribution in [0, 0.1) is 11.3 Å². The number of nitriles is 1. The highest BCUT2D eigenvalue weighted by atomic mass is 16.5. The van der Waals surface area contributed by atoms with E-state index in [-0.39, 0.29) is 5.91 Å². The molecule has 1 fully saturated rings. The first kappa shape index (κ1) is 18.8. The van der Waals surface area contributed by atoms with Gasteiger partial charge in [0.05, 0.1) is 18.2 Å². The Hall–Kier alpha value is -3.00. The summed E-state index contributed by atoms with van der Waals surface area (Å²) < 4.78 is 11.5. The molecule has 2 aromatic carbocycles. The lowest BCUT2D eigenvalue weighted by molar-refractivity contribution is 0.0724. The van der Waals surface area contributed by atoms with E-state index in [1.807, 2.05) is 36.1 Å². The van der Waals surface area contributed by atoms with Crippen LogP contribution in [0.15, 0.2) is 42.5 Å². The largest absolute Gasteiger partial charge is 0.490 e. The highest BCUT2D eigenvalue weighted by Crippen LogP contribution is 2.29. The van der Waals surface area contributed by atoms with E-state index >= 15 is 0 Å². The summed E-state index contributed by atoms with van der Waals surface area (Å²) in [4.78, 5) is 14.6. The molecule has 2 aromatic rings. The number of amides is 1. The van der Waals surface area contributed by atoms with Gasteiger partial charge in [0.2, 0.25) is 0 Å². The van der Waals surface area contributed by atoms with Gasteiger partial charge in [-0.25, -0.2) is 0 Å². The second kappa shape index (κ2) is 9.09. The molecule has 0 radical (unpaired) electrons. The number of carbonyl (C=O) groups excluding carboxylic acids is 1. The van der Waals surface area contributed by atoms with Crippen LogP contribution in [-0.4, -0.2) is 30.5 Å². The monoisotopic (exact) mass is 364 g/mol. The van der Waals surface area contributed by atoms with E-state index in [9.17, 15) is 4.79 Å². The van der Waals surface area contributed by atoms with E-state index in [0.717, 1.165) is 31.5 Å². The first-order chi connectivity index (χ1) is 13.2. The molecule has 27 heavy (non-hydrogen) atoms. The smallest absolute Gasteiger partial charge is 0.253 e. The van der Waals surface area contributed by atoms with Crippen molar-refractivity contribution in [3.05, 3.63) is 59.2 Å². The molecule has 1 aliphatic heterocycles. The van der Waals surface area contributed by atoms with E-state index in [1.54, 1.807) is 18.2 Å². The third-order valence-corrected chi connectivity index (χ3v) is 4.58. The predicted molar refractivity (Wildman–Crippen MR) is 103 cm³/mol. The number of piperidine rings is 1. The number of benzene rings is 2. The zero-order chi connectivity index (χ0) is 19.1. The van der Waals surface area contributed by atoms with Crippen molar-refractivity contribution in [2.45, 2.75) is 32.8 Å². The third-order valence-electron chi connectivity index (χ3n) is 4.58. The fraction of sp³-hybridized carbons (Fsp3) is 0.364. The summed E-state index contributed by atoms with van der Waals surface area (Å²) in [6, 6.07) is 14.8. The van der Waals surface area contributed by atoms with Gasteiger partial charge in [-0.2, -0.15) is 5.26 Å². The van der Waals surface area contributed by atoms with Crippen molar-refractivity contribution in [3.63, 3.8) is 0 Å². The van der Waals surface area contributed by atoms with Gasteiger partial charge in [-0.15, -0.1) is 0 Å². The molecule has 0 bridgehead atoms. The quantitative estimate of drug-likeness (QED) is 0.772. The van der Waals surface area contributed by atoms with E-state index in [1.165, 1.54) is 6.42 Å². The van der Waals surface area contributed by atoms with Crippen LogP contribution < -0.4 is 9.47 Å². The SMILES string of the molecule is CCOc1cc(C#N)ccc1OCc1cccc(C(=O)N2CCCCC2)c1. The lowest BCUT2D eigenvalue weighted by Gasteiger charge is -2.26. The van der Waals surface area contributed by atoms with Crippen molar-refractivity contribution in [3.8, 4) is 17.6 Å². The maximum Gasteiger partial charge on any atom is 0.253 e. The third kappa shape index (κ3) is 4.79. The molecule has 1 saturated heterocycles. The zero-order valence-electron chi connectivity index (χ0n) is 15.6. The summed E-state index contributed by atoms with van der Waals surface area (Å²) in [5.74, 6) is 1.23. The van der Waals surface area contributed by atoms with Crippen LogP contribution in [0.2, 0.25) is 0 Å². The van der Waals surface area contributed by atoms with Crippen LogP contribution >= 0.6 is 0 Å². The van der Waals surface area contributed by atoms with Crippen molar-refractivity contribution in [2.24, 2.45) is 0 Å². The Kier molecular flexibility index (Phi) is 6.32. The zero-order valence-corrected chi connectivity index (χ0v) is 15.6. The van der Waals surface area contributed by atoms with Crippen LogP contribution in [0.4, 0.5) is 0 Å². The molecule has 0 spiro atoms. The van der Waals surface area contributed by atoms with Crippen molar-refractivity contribution < 1.29 is 14.3 Å². The number of hydrogen-bond acceptors (Lipinski definition) is 4. The maximum atomic E-state index is 12.7. The van der Waals surface area contributed by atoms with Gasteiger partial charge in [-0.1, -0.05) is 12.1 Å². The van der Waals surface area contributed by atoms with E-state index in [0.29, 0.717) is 35.8 Å². The van der Waals surface area contributed by atoms with E-state index in [4.69, 9.17) is 14.7 Å². The number of likely N-dealkylation sites (tertiary alicyclic amines) is 1. The summed E-state index contributed by atoms with van der Waals surface area (Å²) in [6.07, 6.45) is 3.35. The molecule has 1 aliphatic rings. The highest BCUT2D eigenvalue weighted by molar-refractivity contribution is 5.94. The van der Waals surface area contributed by atoms with Crippen molar-refractivity contribution in [1.82, 2.24) is 4.90 Å². The normalized spacial score (nSPS) is 13.7. The topological polar surface area (TPSA) is 62.6 Å². The molecule has 0 saturated carbocycles. The molecule has 140 valence electrons. The fourth-order valence-corrected chi connectivity index (χ4v) is 3.20. The minimum atomic E-state index is 0.0879. The Balaban J connectivity index is 1.70. The number of rotatable bonds is 6. The summed E-state index contributed by atoms with van der Waals surface area (Å²) in [5, 5.41) is 9.04. The first-order valence-electron chi connectivity index (χ1n) is 9.39. The molecule has 5 nitrogen and oxygen atoms in total. The number of nitrogens with zero attached hydrogens (tertiary/aromatic N) is 2. The van der Waals surface area contributed by atoms with Gasteiger partial charge in [0.1, 0.15) is 6.61 Å². The molecule has 5 heteroatoms. The van der Waals surface area contributed by atoms with Crippen molar-refractivity contribution in [2.75, 3.05) is 19.7 Å². The van der Waals surface area contributed by atoms with Gasteiger partial charge in [-0.05, 0) is 56.0 Å². The summed E-state index contributed by atoms with van der Waals surface area (Å²) in [7, 11) is 0. The fourth-order valence-electron chi connectivity index (χ4n) is 3.20. The Morgan fingerprint density at radius 2 is 1.89 bits per heavy atom. The van der Waals surface area contributed by atoms with Crippen molar-refractivity contribution >= 4 is 5.91 Å². The summed E-state index contributed by atoms with van der Waals surface area (Å²) in [6.45, 7) is 4.38.